The van der Waals surface area contributed by atoms with Crippen molar-refractivity contribution in [1.29, 1.82) is 0 Å². The summed E-state index contributed by atoms with van der Waals surface area (Å²) in [6.07, 6.45) is 0. The van der Waals surface area contributed by atoms with Crippen LogP contribution in [-0.2, 0) is 17.9 Å². The third-order valence-corrected chi connectivity index (χ3v) is 4.86. The number of ether oxygens (including phenoxy) is 1. The van der Waals surface area contributed by atoms with Crippen LogP contribution in [0.25, 0.3) is 22.4 Å². The number of hydrogen-bond acceptors (Lipinski definition) is 6. The van der Waals surface area contributed by atoms with Crippen LogP contribution in [0.3, 0.4) is 0 Å². The van der Waals surface area contributed by atoms with E-state index in [1.165, 1.54) is 4.80 Å². The highest BCUT2D eigenvalue weighted by Gasteiger charge is 2.12. The first-order valence-electron chi connectivity index (χ1n) is 10.2. The second-order valence-corrected chi connectivity index (χ2v) is 7.33. The molecule has 0 saturated carbocycles. The molecule has 0 aliphatic rings. The second kappa shape index (κ2) is 9.06. The Morgan fingerprint density at radius 1 is 1.03 bits per heavy atom. The van der Waals surface area contributed by atoms with Gasteiger partial charge in [0.15, 0.2) is 18.2 Å². The fourth-order valence-corrected chi connectivity index (χ4v) is 3.25. The number of anilines is 1. The number of carbonyl (C=O) groups is 1. The number of halogens is 2. The molecule has 9 nitrogen and oxygen atoms in total. The molecule has 0 saturated heterocycles. The first-order chi connectivity index (χ1) is 16.5. The molecule has 1 amide bonds. The van der Waals surface area contributed by atoms with Gasteiger partial charge in [-0.3, -0.25) is 4.79 Å². The monoisotopic (exact) mass is 461 g/mol. The van der Waals surface area contributed by atoms with Crippen molar-refractivity contribution in [2.45, 2.75) is 13.2 Å². The van der Waals surface area contributed by atoms with Gasteiger partial charge in [0.25, 0.3) is 0 Å². The summed E-state index contributed by atoms with van der Waals surface area (Å²) < 4.78 is 32.4. The molecule has 0 spiro atoms. The van der Waals surface area contributed by atoms with Gasteiger partial charge >= 0.3 is 0 Å². The van der Waals surface area contributed by atoms with Crippen LogP contribution in [0.15, 0.2) is 66.7 Å². The normalized spacial score (nSPS) is 11.0. The summed E-state index contributed by atoms with van der Waals surface area (Å²) in [6, 6.07) is 18.2. The molecule has 2 heterocycles. The molecule has 5 rings (SSSR count). The third-order valence-electron chi connectivity index (χ3n) is 4.86. The summed E-state index contributed by atoms with van der Waals surface area (Å²) >= 11 is 0. The lowest BCUT2D eigenvalue weighted by Gasteiger charge is -2.05. The number of hydrogen-bond donors (Lipinski definition) is 2. The molecule has 2 aromatic heterocycles. The van der Waals surface area contributed by atoms with E-state index < -0.39 is 11.6 Å². The van der Waals surface area contributed by atoms with Gasteiger partial charge in [0.2, 0.25) is 11.7 Å². The van der Waals surface area contributed by atoms with Crippen LogP contribution in [0.4, 0.5) is 14.5 Å². The van der Waals surface area contributed by atoms with Gasteiger partial charge in [-0.25, -0.2) is 13.8 Å². The number of carbonyl (C=O) groups excluding carboxylic acids is 1. The van der Waals surface area contributed by atoms with E-state index in [0.717, 1.165) is 12.1 Å². The molecule has 0 bridgehead atoms. The smallest absolute Gasteiger partial charge is 0.248 e. The fraction of sp³-hybridized carbons (Fsp3) is 0.0870. The second-order valence-electron chi connectivity index (χ2n) is 7.33. The number of aromatic nitrogens is 6. The number of benzene rings is 3. The Morgan fingerprint density at radius 3 is 2.59 bits per heavy atom. The number of para-hydroxylation sites is 1. The zero-order chi connectivity index (χ0) is 23.5. The topological polar surface area (TPSA) is 111 Å². The van der Waals surface area contributed by atoms with Crippen molar-refractivity contribution in [3.63, 3.8) is 0 Å². The molecule has 170 valence electrons. The van der Waals surface area contributed by atoms with Gasteiger partial charge in [0.1, 0.15) is 18.1 Å². The zero-order valence-corrected chi connectivity index (χ0v) is 17.6. The van der Waals surface area contributed by atoms with Crippen LogP contribution in [0.1, 0.15) is 5.82 Å². The largest absolute Gasteiger partial charge is 0.485 e. The lowest BCUT2D eigenvalue weighted by molar-refractivity contribution is -0.117. The minimum Gasteiger partial charge on any atom is -0.485 e. The number of nitrogens with zero attached hydrogens (tertiary/aromatic N) is 5. The molecule has 0 aliphatic heterocycles. The SMILES string of the molecule is O=C(Cn1nnc(COc2ccccc2)n1)Nc1ccc(-c2nc3cc(F)c(F)cc3[nH]2)cc1. The minimum absolute atomic E-state index is 0.124. The summed E-state index contributed by atoms with van der Waals surface area (Å²) in [5.41, 5.74) is 1.95. The van der Waals surface area contributed by atoms with Gasteiger partial charge in [0.05, 0.1) is 11.0 Å². The summed E-state index contributed by atoms with van der Waals surface area (Å²) in [4.78, 5) is 20.8. The van der Waals surface area contributed by atoms with Crippen LogP contribution < -0.4 is 10.1 Å². The Balaban J connectivity index is 1.18. The van der Waals surface area contributed by atoms with Crippen LogP contribution >= 0.6 is 0 Å². The molecule has 0 unspecified atom stereocenters. The fourth-order valence-electron chi connectivity index (χ4n) is 3.25. The van der Waals surface area contributed by atoms with E-state index in [-0.39, 0.29) is 19.1 Å². The number of rotatable bonds is 7. The summed E-state index contributed by atoms with van der Waals surface area (Å²) in [6.45, 7) is 0.00889. The Hall–Kier alpha value is -4.67. The summed E-state index contributed by atoms with van der Waals surface area (Å²) in [5.74, 6) is -0.751. The lowest BCUT2D eigenvalue weighted by atomic mass is 10.2. The van der Waals surface area contributed by atoms with E-state index in [1.807, 2.05) is 30.3 Å². The van der Waals surface area contributed by atoms with Crippen molar-refractivity contribution in [2.24, 2.45) is 0 Å². The average Bonchev–Trinajstić information content (AvgIpc) is 3.45. The Kier molecular flexibility index (Phi) is 5.65. The van der Waals surface area contributed by atoms with Gasteiger partial charge in [-0.2, -0.15) is 4.80 Å². The highest BCUT2D eigenvalue weighted by atomic mass is 19.2. The molecular formula is C23H17F2N7O2. The molecule has 0 aliphatic carbocycles. The van der Waals surface area contributed by atoms with Crippen molar-refractivity contribution < 1.29 is 18.3 Å². The molecule has 0 fully saturated rings. The molecule has 0 radical (unpaired) electrons. The summed E-state index contributed by atoms with van der Waals surface area (Å²) in [7, 11) is 0. The van der Waals surface area contributed by atoms with E-state index >= 15 is 0 Å². The minimum atomic E-state index is -0.957. The van der Waals surface area contributed by atoms with E-state index in [4.69, 9.17) is 4.74 Å². The van der Waals surface area contributed by atoms with Crippen molar-refractivity contribution in [2.75, 3.05) is 5.32 Å². The average molecular weight is 461 g/mol. The molecule has 3 aromatic carbocycles. The number of H-pyrrole nitrogens is 1. The van der Waals surface area contributed by atoms with Crippen molar-refractivity contribution in [3.8, 4) is 17.1 Å². The standard InChI is InChI=1S/C23H17F2N7O2/c24-17-10-19-20(11-18(17)25)28-23(27-19)14-6-8-15(9-7-14)26-22(33)12-32-30-21(29-31-32)13-34-16-4-2-1-3-5-16/h1-11H,12-13H2,(H,26,33)(H,27,28). The Labute approximate surface area is 191 Å². The molecule has 2 N–H and O–H groups in total. The lowest BCUT2D eigenvalue weighted by Crippen LogP contribution is -2.20. The number of fused-ring (bicyclic) bond motifs is 1. The van der Waals surface area contributed by atoms with Crippen LogP contribution in [0, 0.1) is 11.6 Å². The quantitative estimate of drug-likeness (QED) is 0.382. The van der Waals surface area contributed by atoms with E-state index in [1.54, 1.807) is 24.3 Å². The highest BCUT2D eigenvalue weighted by Crippen LogP contribution is 2.23. The van der Waals surface area contributed by atoms with Crippen molar-refractivity contribution in [1.82, 2.24) is 30.2 Å². The number of aromatic amines is 1. The number of nitrogens with one attached hydrogen (secondary N) is 2. The van der Waals surface area contributed by atoms with Crippen LogP contribution in [0.5, 0.6) is 5.75 Å². The number of imidazole rings is 1. The van der Waals surface area contributed by atoms with Crippen LogP contribution in [0.2, 0.25) is 0 Å². The van der Waals surface area contributed by atoms with Crippen LogP contribution in [-0.4, -0.2) is 36.1 Å². The Morgan fingerprint density at radius 2 is 1.79 bits per heavy atom. The maximum Gasteiger partial charge on any atom is 0.248 e. The van der Waals surface area contributed by atoms with Crippen molar-refractivity contribution >= 4 is 22.6 Å². The van der Waals surface area contributed by atoms with Gasteiger partial charge in [-0.05, 0) is 41.6 Å². The molecular weight excluding hydrogens is 444 g/mol. The van der Waals surface area contributed by atoms with Gasteiger partial charge in [0, 0.05) is 23.4 Å². The first kappa shape index (κ1) is 21.2. The molecule has 0 atom stereocenters. The highest BCUT2D eigenvalue weighted by molar-refractivity contribution is 5.90. The van der Waals surface area contributed by atoms with E-state index in [2.05, 4.69) is 30.7 Å². The third kappa shape index (κ3) is 4.72. The van der Waals surface area contributed by atoms with E-state index in [0.29, 0.717) is 39.7 Å². The molecule has 34 heavy (non-hydrogen) atoms. The number of tetrazole rings is 1. The van der Waals surface area contributed by atoms with Gasteiger partial charge in [-0.15, -0.1) is 10.2 Å². The first-order valence-corrected chi connectivity index (χ1v) is 10.2. The van der Waals surface area contributed by atoms with Gasteiger partial charge in [-0.1, -0.05) is 18.2 Å². The maximum absolute atomic E-state index is 13.4. The predicted molar refractivity (Wildman–Crippen MR) is 119 cm³/mol. The van der Waals surface area contributed by atoms with Crippen molar-refractivity contribution in [3.05, 3.63) is 84.2 Å². The predicted octanol–water partition coefficient (Wildman–Crippen LogP) is 3.71. The maximum atomic E-state index is 13.4. The molecule has 5 aromatic rings. The molecule has 11 heteroatoms. The van der Waals surface area contributed by atoms with E-state index in [9.17, 15) is 13.6 Å². The number of amides is 1. The Bertz CT molecular complexity index is 1410. The summed E-state index contributed by atoms with van der Waals surface area (Å²) in [5, 5.41) is 14.6. The van der Waals surface area contributed by atoms with Gasteiger partial charge < -0.3 is 15.0 Å². The zero-order valence-electron chi connectivity index (χ0n) is 17.6.